The van der Waals surface area contributed by atoms with Crippen molar-refractivity contribution in [1.82, 2.24) is 10.6 Å². The van der Waals surface area contributed by atoms with Crippen LogP contribution in [0.1, 0.15) is 37.8 Å². The lowest BCUT2D eigenvalue weighted by atomic mass is 10.1. The second-order valence-electron chi connectivity index (χ2n) is 5.12. The van der Waals surface area contributed by atoms with E-state index in [1.54, 1.807) is 0 Å². The highest BCUT2D eigenvalue weighted by Crippen LogP contribution is 2.31. The molecule has 0 aliphatic heterocycles. The molecule has 0 spiro atoms. The van der Waals surface area contributed by atoms with E-state index in [-0.39, 0.29) is 6.04 Å². The molecule has 0 aromatic heterocycles. The maximum atomic E-state index is 4.28. The highest BCUT2D eigenvalue weighted by atomic mass is 79.9. The maximum absolute atomic E-state index is 4.28. The van der Waals surface area contributed by atoms with Gasteiger partial charge in [0.15, 0.2) is 5.96 Å². The summed E-state index contributed by atoms with van der Waals surface area (Å²) in [6.45, 7) is 3.15. The Labute approximate surface area is 124 Å². The largest absolute Gasteiger partial charge is 0.356 e. The fourth-order valence-corrected chi connectivity index (χ4v) is 2.73. The van der Waals surface area contributed by atoms with E-state index in [9.17, 15) is 0 Å². The molecule has 1 saturated carbocycles. The molecule has 1 aromatic carbocycles. The minimum absolute atomic E-state index is 0.225. The lowest BCUT2D eigenvalue weighted by Crippen LogP contribution is -2.39. The van der Waals surface area contributed by atoms with Crippen LogP contribution in [0.5, 0.6) is 0 Å². The van der Waals surface area contributed by atoms with E-state index in [0.29, 0.717) is 0 Å². The van der Waals surface area contributed by atoms with Crippen LogP contribution in [0.3, 0.4) is 0 Å². The summed E-state index contributed by atoms with van der Waals surface area (Å²) in [5, 5.41) is 6.81. The van der Waals surface area contributed by atoms with Crippen molar-refractivity contribution in [2.24, 2.45) is 10.9 Å². The van der Waals surface area contributed by atoms with Gasteiger partial charge in [0.2, 0.25) is 0 Å². The average Bonchev–Trinajstić information content (AvgIpc) is 3.22. The summed E-state index contributed by atoms with van der Waals surface area (Å²) in [6, 6.07) is 8.50. The number of aliphatic imine (C=N–C) groups is 1. The van der Waals surface area contributed by atoms with Crippen LogP contribution in [-0.2, 0) is 0 Å². The number of rotatable bonds is 5. The molecule has 19 heavy (non-hydrogen) atoms. The van der Waals surface area contributed by atoms with Crippen molar-refractivity contribution in [2.75, 3.05) is 13.6 Å². The number of nitrogens with one attached hydrogen (secondary N) is 2. The first-order valence-electron chi connectivity index (χ1n) is 6.92. The normalized spacial score (nSPS) is 17.1. The van der Waals surface area contributed by atoms with Crippen molar-refractivity contribution in [3.63, 3.8) is 0 Å². The number of nitrogens with zero attached hydrogens (tertiary/aromatic N) is 1. The maximum Gasteiger partial charge on any atom is 0.191 e. The third-order valence-corrected chi connectivity index (χ3v) is 4.21. The topological polar surface area (TPSA) is 36.4 Å². The molecule has 3 nitrogen and oxygen atoms in total. The third-order valence-electron chi connectivity index (χ3n) is 3.49. The predicted molar refractivity (Wildman–Crippen MR) is 84.4 cm³/mol. The molecule has 0 amide bonds. The fourth-order valence-electron chi connectivity index (χ4n) is 2.10. The summed E-state index contributed by atoms with van der Waals surface area (Å²) in [5.74, 6) is 1.83. The van der Waals surface area contributed by atoms with Gasteiger partial charge in [0.05, 0.1) is 6.04 Å². The minimum Gasteiger partial charge on any atom is -0.356 e. The average molecular weight is 324 g/mol. The van der Waals surface area contributed by atoms with Crippen molar-refractivity contribution < 1.29 is 0 Å². The van der Waals surface area contributed by atoms with E-state index in [0.717, 1.165) is 22.9 Å². The summed E-state index contributed by atoms with van der Waals surface area (Å²) in [7, 11) is 1.82. The Morgan fingerprint density at radius 2 is 2.16 bits per heavy atom. The van der Waals surface area contributed by atoms with Crippen LogP contribution in [0.4, 0.5) is 0 Å². The van der Waals surface area contributed by atoms with E-state index in [2.05, 4.69) is 56.7 Å². The summed E-state index contributed by atoms with van der Waals surface area (Å²) < 4.78 is 1.13. The molecule has 1 aliphatic carbocycles. The molecule has 1 atom stereocenters. The van der Waals surface area contributed by atoms with E-state index >= 15 is 0 Å². The van der Waals surface area contributed by atoms with Gasteiger partial charge in [-0.05, 0) is 30.9 Å². The Morgan fingerprint density at radius 1 is 1.42 bits per heavy atom. The number of benzene rings is 1. The van der Waals surface area contributed by atoms with Gasteiger partial charge in [-0.3, -0.25) is 4.99 Å². The van der Waals surface area contributed by atoms with Gasteiger partial charge in [0, 0.05) is 18.1 Å². The Hall–Kier alpha value is -1.03. The van der Waals surface area contributed by atoms with Crippen LogP contribution in [0.15, 0.2) is 33.7 Å². The summed E-state index contributed by atoms with van der Waals surface area (Å²) in [6.07, 6.45) is 4.06. The number of guanidine groups is 1. The third kappa shape index (κ3) is 4.53. The lowest BCUT2D eigenvalue weighted by molar-refractivity contribution is 0.652. The predicted octanol–water partition coefficient (Wildman–Crippen LogP) is 3.48. The van der Waals surface area contributed by atoms with Crippen molar-refractivity contribution in [3.8, 4) is 0 Å². The van der Waals surface area contributed by atoms with Gasteiger partial charge in [0.1, 0.15) is 0 Å². The van der Waals surface area contributed by atoms with Crippen molar-refractivity contribution in [3.05, 3.63) is 34.3 Å². The molecule has 0 radical (unpaired) electrons. The van der Waals surface area contributed by atoms with Gasteiger partial charge in [-0.1, -0.05) is 47.0 Å². The standard InChI is InChI=1S/C15H22BrN3/c1-11(13-5-3-4-6-14(13)16)19-15(17-2)18-10-9-12-7-8-12/h3-6,11-12H,7-10H2,1-2H3,(H2,17,18,19). The number of halogens is 1. The van der Waals surface area contributed by atoms with Gasteiger partial charge < -0.3 is 10.6 Å². The summed E-state index contributed by atoms with van der Waals surface area (Å²) >= 11 is 3.59. The van der Waals surface area contributed by atoms with E-state index in [4.69, 9.17) is 0 Å². The van der Waals surface area contributed by atoms with Crippen LogP contribution >= 0.6 is 15.9 Å². The molecule has 4 heteroatoms. The zero-order chi connectivity index (χ0) is 13.7. The SMILES string of the molecule is CN=C(NCCC1CC1)NC(C)c1ccccc1Br. The number of hydrogen-bond acceptors (Lipinski definition) is 1. The second kappa shape index (κ2) is 6.94. The minimum atomic E-state index is 0.225. The van der Waals surface area contributed by atoms with Crippen LogP contribution in [0.2, 0.25) is 0 Å². The van der Waals surface area contributed by atoms with E-state index in [1.165, 1.54) is 24.8 Å². The Kier molecular flexibility index (Phi) is 5.25. The molecule has 104 valence electrons. The summed E-state index contributed by atoms with van der Waals surface area (Å²) in [4.78, 5) is 4.28. The Balaban J connectivity index is 1.84. The molecule has 2 rings (SSSR count). The van der Waals surface area contributed by atoms with Crippen molar-refractivity contribution in [2.45, 2.75) is 32.2 Å². The van der Waals surface area contributed by atoms with Gasteiger partial charge in [0.25, 0.3) is 0 Å². The highest BCUT2D eigenvalue weighted by molar-refractivity contribution is 9.10. The number of hydrogen-bond donors (Lipinski definition) is 2. The van der Waals surface area contributed by atoms with Crippen molar-refractivity contribution >= 4 is 21.9 Å². The zero-order valence-corrected chi connectivity index (χ0v) is 13.2. The van der Waals surface area contributed by atoms with Crippen LogP contribution in [0.25, 0.3) is 0 Å². The molecule has 1 aromatic rings. The Morgan fingerprint density at radius 3 is 2.79 bits per heavy atom. The molecule has 0 heterocycles. The zero-order valence-electron chi connectivity index (χ0n) is 11.6. The second-order valence-corrected chi connectivity index (χ2v) is 5.97. The molecular weight excluding hydrogens is 302 g/mol. The molecule has 1 aliphatic rings. The monoisotopic (exact) mass is 323 g/mol. The molecular formula is C15H22BrN3. The first-order valence-corrected chi connectivity index (χ1v) is 7.71. The summed E-state index contributed by atoms with van der Waals surface area (Å²) in [5.41, 5.74) is 1.24. The molecule has 1 fully saturated rings. The van der Waals surface area contributed by atoms with Gasteiger partial charge in [-0.2, -0.15) is 0 Å². The van der Waals surface area contributed by atoms with Gasteiger partial charge in [-0.25, -0.2) is 0 Å². The van der Waals surface area contributed by atoms with E-state index < -0.39 is 0 Å². The van der Waals surface area contributed by atoms with Crippen molar-refractivity contribution in [1.29, 1.82) is 0 Å². The first-order chi connectivity index (χ1) is 9.20. The molecule has 1 unspecified atom stereocenters. The highest BCUT2D eigenvalue weighted by Gasteiger charge is 2.20. The molecule has 2 N–H and O–H groups in total. The quantitative estimate of drug-likeness (QED) is 0.643. The molecule has 0 saturated heterocycles. The smallest absolute Gasteiger partial charge is 0.191 e. The Bertz CT molecular complexity index is 441. The van der Waals surface area contributed by atoms with Crippen LogP contribution in [0, 0.1) is 5.92 Å². The van der Waals surface area contributed by atoms with Gasteiger partial charge in [-0.15, -0.1) is 0 Å². The lowest BCUT2D eigenvalue weighted by Gasteiger charge is -2.19. The van der Waals surface area contributed by atoms with Gasteiger partial charge >= 0.3 is 0 Å². The fraction of sp³-hybridized carbons (Fsp3) is 0.533. The van der Waals surface area contributed by atoms with Crippen LogP contribution in [-0.4, -0.2) is 19.6 Å². The van der Waals surface area contributed by atoms with E-state index in [1.807, 2.05) is 13.1 Å². The first kappa shape index (κ1) is 14.4. The molecule has 0 bridgehead atoms. The van der Waals surface area contributed by atoms with Crippen LogP contribution < -0.4 is 10.6 Å².